The number of carbonyl (C=O) groups is 1. The Balaban J connectivity index is 1.73. The summed E-state index contributed by atoms with van der Waals surface area (Å²) in [4.78, 5) is 18.3. The number of hydrogen-bond donors (Lipinski definition) is 1. The van der Waals surface area contributed by atoms with Crippen molar-refractivity contribution in [3.8, 4) is 0 Å². The maximum Gasteiger partial charge on any atom is 0.225 e. The van der Waals surface area contributed by atoms with Gasteiger partial charge in [-0.05, 0) is 57.5 Å². The fourth-order valence-electron chi connectivity index (χ4n) is 2.36. The van der Waals surface area contributed by atoms with Crippen molar-refractivity contribution in [3.05, 3.63) is 22.8 Å². The van der Waals surface area contributed by atoms with Gasteiger partial charge in [0, 0.05) is 17.1 Å². The standard InChI is InChI=1S/C14H20BrN3O/c1-18-8-5-11(6-9-18)2-3-14(19)17-13-10-12(15)4-7-16-13/h4,7,10-11H,2-3,5-6,8-9H2,1H3,(H,16,17,19). The predicted octanol–water partition coefficient (Wildman–Crippen LogP) is 2.90. The van der Waals surface area contributed by atoms with Crippen molar-refractivity contribution in [3.63, 3.8) is 0 Å². The number of nitrogens with zero attached hydrogens (tertiary/aromatic N) is 2. The minimum atomic E-state index is 0.0597. The summed E-state index contributed by atoms with van der Waals surface area (Å²) >= 11 is 3.36. The molecule has 1 saturated heterocycles. The highest BCUT2D eigenvalue weighted by Gasteiger charge is 2.17. The smallest absolute Gasteiger partial charge is 0.225 e. The highest BCUT2D eigenvalue weighted by atomic mass is 79.9. The third kappa shape index (κ3) is 4.91. The highest BCUT2D eigenvalue weighted by molar-refractivity contribution is 9.10. The number of halogens is 1. The van der Waals surface area contributed by atoms with E-state index in [2.05, 4.69) is 38.2 Å². The molecule has 2 heterocycles. The summed E-state index contributed by atoms with van der Waals surface area (Å²) in [5.41, 5.74) is 0. The van der Waals surface area contributed by atoms with E-state index in [1.165, 1.54) is 12.8 Å². The zero-order valence-electron chi connectivity index (χ0n) is 11.2. The third-order valence-electron chi connectivity index (χ3n) is 3.61. The number of amides is 1. The normalized spacial score (nSPS) is 17.4. The Bertz CT molecular complexity index is 430. The zero-order valence-corrected chi connectivity index (χ0v) is 12.8. The first-order chi connectivity index (χ1) is 9.13. The number of piperidine rings is 1. The van der Waals surface area contributed by atoms with E-state index in [-0.39, 0.29) is 5.91 Å². The fourth-order valence-corrected chi connectivity index (χ4v) is 2.70. The molecule has 0 aromatic carbocycles. The van der Waals surface area contributed by atoms with Crippen molar-refractivity contribution in [1.29, 1.82) is 0 Å². The van der Waals surface area contributed by atoms with Crippen molar-refractivity contribution in [1.82, 2.24) is 9.88 Å². The molecule has 4 nitrogen and oxygen atoms in total. The number of rotatable bonds is 4. The van der Waals surface area contributed by atoms with Crippen molar-refractivity contribution < 1.29 is 4.79 Å². The van der Waals surface area contributed by atoms with Gasteiger partial charge in [0.15, 0.2) is 0 Å². The van der Waals surface area contributed by atoms with Crippen LogP contribution in [0.25, 0.3) is 0 Å². The van der Waals surface area contributed by atoms with Gasteiger partial charge in [0.05, 0.1) is 0 Å². The van der Waals surface area contributed by atoms with Crippen molar-refractivity contribution in [2.24, 2.45) is 5.92 Å². The molecule has 5 heteroatoms. The molecule has 1 aliphatic rings. The van der Waals surface area contributed by atoms with Gasteiger partial charge in [-0.15, -0.1) is 0 Å². The van der Waals surface area contributed by atoms with Crippen molar-refractivity contribution in [2.45, 2.75) is 25.7 Å². The number of pyridine rings is 1. The molecule has 1 amide bonds. The maximum atomic E-state index is 11.9. The Morgan fingerprint density at radius 1 is 1.53 bits per heavy atom. The summed E-state index contributed by atoms with van der Waals surface area (Å²) in [6, 6.07) is 3.65. The third-order valence-corrected chi connectivity index (χ3v) is 4.10. The molecule has 1 aromatic rings. The average Bonchev–Trinajstić information content (AvgIpc) is 2.38. The monoisotopic (exact) mass is 325 g/mol. The molecule has 104 valence electrons. The van der Waals surface area contributed by atoms with Crippen molar-refractivity contribution in [2.75, 3.05) is 25.5 Å². The molecule has 0 atom stereocenters. The molecular weight excluding hydrogens is 306 g/mol. The molecule has 19 heavy (non-hydrogen) atoms. The van der Waals surface area contributed by atoms with Gasteiger partial charge < -0.3 is 10.2 Å². The van der Waals surface area contributed by atoms with Gasteiger partial charge >= 0.3 is 0 Å². The lowest BCUT2D eigenvalue weighted by molar-refractivity contribution is -0.116. The number of carbonyl (C=O) groups excluding carboxylic acids is 1. The van der Waals surface area contributed by atoms with Gasteiger partial charge in [0.25, 0.3) is 0 Å². The van der Waals surface area contributed by atoms with Crippen LogP contribution in [0.2, 0.25) is 0 Å². The zero-order chi connectivity index (χ0) is 13.7. The van der Waals surface area contributed by atoms with Gasteiger partial charge in [-0.25, -0.2) is 4.98 Å². The lowest BCUT2D eigenvalue weighted by Gasteiger charge is -2.28. The molecule has 0 radical (unpaired) electrons. The Morgan fingerprint density at radius 3 is 2.95 bits per heavy atom. The van der Waals surface area contributed by atoms with Crippen LogP contribution in [0.3, 0.4) is 0 Å². The molecule has 0 aliphatic carbocycles. The largest absolute Gasteiger partial charge is 0.311 e. The first-order valence-electron chi connectivity index (χ1n) is 6.73. The van der Waals surface area contributed by atoms with Crippen LogP contribution < -0.4 is 5.32 Å². The van der Waals surface area contributed by atoms with Crippen LogP contribution in [0.1, 0.15) is 25.7 Å². The topological polar surface area (TPSA) is 45.2 Å². The Labute approximate surface area is 122 Å². The summed E-state index contributed by atoms with van der Waals surface area (Å²) in [5, 5.41) is 2.84. The van der Waals surface area contributed by atoms with E-state index in [1.807, 2.05) is 12.1 Å². The number of likely N-dealkylation sites (tertiary alicyclic amines) is 1. The number of nitrogens with one attached hydrogen (secondary N) is 1. The van der Waals surface area contributed by atoms with Gasteiger partial charge in [-0.1, -0.05) is 15.9 Å². The van der Waals surface area contributed by atoms with Crippen LogP contribution >= 0.6 is 15.9 Å². The average molecular weight is 326 g/mol. The van der Waals surface area contributed by atoms with Gasteiger partial charge in [0.2, 0.25) is 5.91 Å². The highest BCUT2D eigenvalue weighted by Crippen LogP contribution is 2.21. The second-order valence-electron chi connectivity index (χ2n) is 5.19. The summed E-state index contributed by atoms with van der Waals surface area (Å²) in [6.07, 6.45) is 5.66. The number of anilines is 1. The molecule has 1 N–H and O–H groups in total. The molecule has 2 rings (SSSR count). The molecule has 1 aliphatic heterocycles. The molecule has 0 bridgehead atoms. The van der Waals surface area contributed by atoms with Crippen LogP contribution in [0.5, 0.6) is 0 Å². The summed E-state index contributed by atoms with van der Waals surface area (Å²) in [5.74, 6) is 1.37. The Kier molecular flexibility index (Phi) is 5.34. The number of hydrogen-bond acceptors (Lipinski definition) is 3. The van der Waals surface area contributed by atoms with E-state index in [0.717, 1.165) is 24.0 Å². The van der Waals surface area contributed by atoms with Crippen LogP contribution in [-0.2, 0) is 4.79 Å². The lowest BCUT2D eigenvalue weighted by Crippen LogP contribution is -2.30. The summed E-state index contributed by atoms with van der Waals surface area (Å²) in [7, 11) is 2.15. The van der Waals surface area contributed by atoms with Crippen molar-refractivity contribution >= 4 is 27.7 Å². The molecule has 1 fully saturated rings. The summed E-state index contributed by atoms with van der Waals surface area (Å²) < 4.78 is 0.924. The molecule has 0 unspecified atom stereocenters. The molecular formula is C14H20BrN3O. The van der Waals surface area contributed by atoms with Crippen LogP contribution in [0.15, 0.2) is 22.8 Å². The minimum Gasteiger partial charge on any atom is -0.311 e. The molecule has 1 aromatic heterocycles. The maximum absolute atomic E-state index is 11.9. The van der Waals surface area contributed by atoms with E-state index in [1.54, 1.807) is 6.20 Å². The van der Waals surface area contributed by atoms with Gasteiger partial charge in [-0.2, -0.15) is 0 Å². The second-order valence-corrected chi connectivity index (χ2v) is 6.11. The second kappa shape index (κ2) is 7.01. The van der Waals surface area contributed by atoms with E-state index in [9.17, 15) is 4.79 Å². The van der Waals surface area contributed by atoms with E-state index >= 15 is 0 Å². The Morgan fingerprint density at radius 2 is 2.26 bits per heavy atom. The quantitative estimate of drug-likeness (QED) is 0.925. The molecule has 0 spiro atoms. The Hall–Kier alpha value is -0.940. The first kappa shape index (κ1) is 14.5. The fraction of sp³-hybridized carbons (Fsp3) is 0.571. The van der Waals surface area contributed by atoms with Crippen LogP contribution in [-0.4, -0.2) is 35.9 Å². The minimum absolute atomic E-state index is 0.0597. The van der Waals surface area contributed by atoms with E-state index < -0.39 is 0 Å². The first-order valence-corrected chi connectivity index (χ1v) is 7.53. The van der Waals surface area contributed by atoms with E-state index in [4.69, 9.17) is 0 Å². The molecule has 0 saturated carbocycles. The number of aromatic nitrogens is 1. The van der Waals surface area contributed by atoms with Crippen LogP contribution in [0, 0.1) is 5.92 Å². The van der Waals surface area contributed by atoms with Crippen LogP contribution in [0.4, 0.5) is 5.82 Å². The van der Waals surface area contributed by atoms with Gasteiger partial charge in [-0.3, -0.25) is 4.79 Å². The predicted molar refractivity (Wildman–Crippen MR) is 80.0 cm³/mol. The van der Waals surface area contributed by atoms with E-state index in [0.29, 0.717) is 18.2 Å². The SMILES string of the molecule is CN1CCC(CCC(=O)Nc2cc(Br)ccn2)CC1. The summed E-state index contributed by atoms with van der Waals surface area (Å²) in [6.45, 7) is 2.30. The van der Waals surface area contributed by atoms with Gasteiger partial charge in [0.1, 0.15) is 5.82 Å². The lowest BCUT2D eigenvalue weighted by atomic mass is 9.92.